The Morgan fingerprint density at radius 1 is 1.40 bits per heavy atom. The summed E-state index contributed by atoms with van der Waals surface area (Å²) in [5.74, 6) is 6.04. The van der Waals surface area contributed by atoms with Crippen LogP contribution < -0.4 is 5.32 Å². The summed E-state index contributed by atoms with van der Waals surface area (Å²) >= 11 is 0. The quantitative estimate of drug-likeness (QED) is 0.811. The SMILES string of the molecule is CC1CCCC(NC(=O)c2ccccc2C#CCO)C1. The molecular formula is C17H21NO2. The van der Waals surface area contributed by atoms with Gasteiger partial charge in [0.05, 0.1) is 5.56 Å². The summed E-state index contributed by atoms with van der Waals surface area (Å²) in [6.07, 6.45) is 4.54. The van der Waals surface area contributed by atoms with E-state index in [1.54, 1.807) is 12.1 Å². The Bertz CT molecular complexity index is 527. The third-order valence-electron chi connectivity index (χ3n) is 3.75. The van der Waals surface area contributed by atoms with E-state index in [0.717, 1.165) is 12.8 Å². The highest BCUT2D eigenvalue weighted by Gasteiger charge is 2.21. The molecule has 3 nitrogen and oxygen atoms in total. The molecule has 1 aromatic rings. The Kier molecular flexibility index (Phi) is 5.20. The summed E-state index contributed by atoms with van der Waals surface area (Å²) in [4.78, 5) is 12.4. The van der Waals surface area contributed by atoms with Crippen LogP contribution in [-0.2, 0) is 0 Å². The van der Waals surface area contributed by atoms with Crippen molar-refractivity contribution in [2.75, 3.05) is 6.61 Å². The molecule has 0 saturated heterocycles. The van der Waals surface area contributed by atoms with Crippen molar-refractivity contribution in [3.63, 3.8) is 0 Å². The first-order chi connectivity index (χ1) is 9.70. The maximum Gasteiger partial charge on any atom is 0.252 e. The molecule has 20 heavy (non-hydrogen) atoms. The van der Waals surface area contributed by atoms with E-state index in [0.29, 0.717) is 17.0 Å². The molecule has 1 amide bonds. The monoisotopic (exact) mass is 271 g/mol. The number of benzene rings is 1. The third-order valence-corrected chi connectivity index (χ3v) is 3.75. The van der Waals surface area contributed by atoms with Crippen molar-refractivity contribution in [1.82, 2.24) is 5.32 Å². The van der Waals surface area contributed by atoms with Crippen LogP contribution in [0.25, 0.3) is 0 Å². The van der Waals surface area contributed by atoms with Crippen LogP contribution in [0.5, 0.6) is 0 Å². The molecule has 1 aliphatic carbocycles. The van der Waals surface area contributed by atoms with Crippen LogP contribution >= 0.6 is 0 Å². The Balaban J connectivity index is 2.09. The predicted molar refractivity (Wildman–Crippen MR) is 79.3 cm³/mol. The maximum atomic E-state index is 12.4. The van der Waals surface area contributed by atoms with E-state index in [-0.39, 0.29) is 18.6 Å². The van der Waals surface area contributed by atoms with Gasteiger partial charge in [-0.15, -0.1) is 0 Å². The van der Waals surface area contributed by atoms with Crippen molar-refractivity contribution in [2.45, 2.75) is 38.6 Å². The zero-order valence-corrected chi connectivity index (χ0v) is 11.9. The molecule has 2 N–H and O–H groups in total. The van der Waals surface area contributed by atoms with Gasteiger partial charge in [-0.3, -0.25) is 4.79 Å². The first-order valence-electron chi connectivity index (χ1n) is 7.20. The predicted octanol–water partition coefficient (Wildman–Crippen LogP) is 2.34. The minimum absolute atomic E-state index is 0.0630. The summed E-state index contributed by atoms with van der Waals surface area (Å²) in [7, 11) is 0. The summed E-state index contributed by atoms with van der Waals surface area (Å²) in [5, 5.41) is 11.9. The molecule has 0 bridgehead atoms. The highest BCUT2D eigenvalue weighted by Crippen LogP contribution is 2.23. The van der Waals surface area contributed by atoms with Crippen LogP contribution in [0.15, 0.2) is 24.3 Å². The van der Waals surface area contributed by atoms with Gasteiger partial charge in [0.1, 0.15) is 6.61 Å². The van der Waals surface area contributed by atoms with E-state index in [1.165, 1.54) is 12.8 Å². The molecule has 0 aromatic heterocycles. The fourth-order valence-corrected chi connectivity index (χ4v) is 2.75. The number of carbonyl (C=O) groups excluding carboxylic acids is 1. The number of amides is 1. The van der Waals surface area contributed by atoms with E-state index in [4.69, 9.17) is 5.11 Å². The van der Waals surface area contributed by atoms with Crippen LogP contribution in [0.1, 0.15) is 48.5 Å². The van der Waals surface area contributed by atoms with Gasteiger partial charge in [-0.2, -0.15) is 0 Å². The molecule has 0 spiro atoms. The smallest absolute Gasteiger partial charge is 0.252 e. The molecule has 2 rings (SSSR count). The maximum absolute atomic E-state index is 12.4. The number of hydrogen-bond donors (Lipinski definition) is 2. The standard InChI is InChI=1S/C17H21NO2/c1-13-6-4-9-15(12-13)18-17(20)16-10-3-2-7-14(16)8-5-11-19/h2-3,7,10,13,15,19H,4,6,9,11-12H2,1H3,(H,18,20). The van der Waals surface area contributed by atoms with Crippen molar-refractivity contribution in [2.24, 2.45) is 5.92 Å². The lowest BCUT2D eigenvalue weighted by Gasteiger charge is -2.27. The first kappa shape index (κ1) is 14.6. The lowest BCUT2D eigenvalue weighted by molar-refractivity contribution is 0.0921. The van der Waals surface area contributed by atoms with Gasteiger partial charge in [-0.05, 0) is 30.9 Å². The van der Waals surface area contributed by atoms with Crippen LogP contribution in [-0.4, -0.2) is 23.7 Å². The van der Waals surface area contributed by atoms with E-state index in [2.05, 4.69) is 24.1 Å². The van der Waals surface area contributed by atoms with Gasteiger partial charge in [-0.1, -0.05) is 43.7 Å². The molecule has 2 atom stereocenters. The third kappa shape index (κ3) is 3.85. The normalized spacial score (nSPS) is 21.7. The average Bonchev–Trinajstić information content (AvgIpc) is 2.45. The Morgan fingerprint density at radius 3 is 2.95 bits per heavy atom. The van der Waals surface area contributed by atoms with Crippen LogP contribution in [0.4, 0.5) is 0 Å². The van der Waals surface area contributed by atoms with Crippen LogP contribution in [0.3, 0.4) is 0 Å². The van der Waals surface area contributed by atoms with Crippen molar-refractivity contribution in [3.8, 4) is 11.8 Å². The van der Waals surface area contributed by atoms with Gasteiger partial charge < -0.3 is 10.4 Å². The minimum atomic E-state index is -0.198. The Hall–Kier alpha value is -1.79. The second kappa shape index (κ2) is 7.12. The van der Waals surface area contributed by atoms with Gasteiger partial charge in [0, 0.05) is 11.6 Å². The van der Waals surface area contributed by atoms with E-state index in [9.17, 15) is 4.79 Å². The summed E-state index contributed by atoms with van der Waals surface area (Å²) < 4.78 is 0. The van der Waals surface area contributed by atoms with Gasteiger partial charge in [-0.25, -0.2) is 0 Å². The first-order valence-corrected chi connectivity index (χ1v) is 7.20. The van der Waals surface area contributed by atoms with Gasteiger partial charge in [0.15, 0.2) is 0 Å². The Morgan fingerprint density at radius 2 is 2.20 bits per heavy atom. The second-order valence-corrected chi connectivity index (χ2v) is 5.45. The fourth-order valence-electron chi connectivity index (χ4n) is 2.75. The summed E-state index contributed by atoms with van der Waals surface area (Å²) in [5.41, 5.74) is 1.26. The number of carbonyl (C=O) groups is 1. The molecule has 2 unspecified atom stereocenters. The van der Waals surface area contributed by atoms with E-state index >= 15 is 0 Å². The molecule has 0 aliphatic heterocycles. The topological polar surface area (TPSA) is 49.3 Å². The van der Waals surface area contributed by atoms with Crippen LogP contribution in [0, 0.1) is 17.8 Å². The molecule has 0 heterocycles. The lowest BCUT2D eigenvalue weighted by Crippen LogP contribution is -2.38. The molecule has 1 saturated carbocycles. The van der Waals surface area contributed by atoms with E-state index < -0.39 is 0 Å². The summed E-state index contributed by atoms with van der Waals surface area (Å²) in [6, 6.07) is 7.54. The zero-order valence-electron chi connectivity index (χ0n) is 11.9. The second-order valence-electron chi connectivity index (χ2n) is 5.45. The summed E-state index contributed by atoms with van der Waals surface area (Å²) in [6.45, 7) is 2.04. The Labute approximate surface area is 120 Å². The molecular weight excluding hydrogens is 250 g/mol. The molecule has 1 fully saturated rings. The molecule has 106 valence electrons. The highest BCUT2D eigenvalue weighted by atomic mass is 16.2. The fraction of sp³-hybridized carbons (Fsp3) is 0.471. The number of aliphatic hydroxyl groups excluding tert-OH is 1. The number of aliphatic hydroxyl groups is 1. The van der Waals surface area contributed by atoms with Crippen molar-refractivity contribution in [1.29, 1.82) is 0 Å². The average molecular weight is 271 g/mol. The van der Waals surface area contributed by atoms with Crippen molar-refractivity contribution >= 4 is 5.91 Å². The molecule has 3 heteroatoms. The minimum Gasteiger partial charge on any atom is -0.384 e. The number of rotatable bonds is 2. The number of nitrogens with one attached hydrogen (secondary N) is 1. The molecule has 1 aliphatic rings. The van der Waals surface area contributed by atoms with Gasteiger partial charge >= 0.3 is 0 Å². The van der Waals surface area contributed by atoms with Gasteiger partial charge in [0.25, 0.3) is 5.91 Å². The van der Waals surface area contributed by atoms with Crippen LogP contribution in [0.2, 0.25) is 0 Å². The lowest BCUT2D eigenvalue weighted by atomic mass is 9.87. The van der Waals surface area contributed by atoms with E-state index in [1.807, 2.05) is 12.1 Å². The van der Waals surface area contributed by atoms with Gasteiger partial charge in [0.2, 0.25) is 0 Å². The van der Waals surface area contributed by atoms with Crippen molar-refractivity contribution in [3.05, 3.63) is 35.4 Å². The molecule has 0 radical (unpaired) electrons. The zero-order chi connectivity index (χ0) is 14.4. The number of hydrogen-bond acceptors (Lipinski definition) is 2. The van der Waals surface area contributed by atoms with Crippen molar-refractivity contribution < 1.29 is 9.90 Å². The molecule has 1 aromatic carbocycles. The highest BCUT2D eigenvalue weighted by molar-refractivity contribution is 5.96. The largest absolute Gasteiger partial charge is 0.384 e.